The number of thiol groups is 1. The number of nitrogens with zero attached hydrogens (tertiary/aromatic N) is 2. The summed E-state index contributed by atoms with van der Waals surface area (Å²) in [6.07, 6.45) is -2.52. The van der Waals surface area contributed by atoms with E-state index in [1.54, 1.807) is 0 Å². The molecule has 1 aliphatic heterocycles. The Balaban J connectivity index is 3.71. The second-order valence-corrected chi connectivity index (χ2v) is 12.4. The monoisotopic (exact) mass is 773 g/mol. The van der Waals surface area contributed by atoms with E-state index in [0.717, 1.165) is 0 Å². The molecule has 0 radical (unpaired) electrons. The Bertz CT molecular complexity index is 1440. The molecule has 0 aromatic carbocycles. The number of hydrogen-bond acceptors (Lipinski definition) is 13. The number of carboxylic acids is 2. The molecule has 1 fully saturated rings. The highest BCUT2D eigenvalue weighted by molar-refractivity contribution is 7.80. The number of rotatable bonds is 12. The molecule has 0 unspecified atom stereocenters. The summed E-state index contributed by atoms with van der Waals surface area (Å²) >= 11 is 4.10. The summed E-state index contributed by atoms with van der Waals surface area (Å²) in [5.41, 5.74) is 16.2. The highest BCUT2D eigenvalue weighted by Crippen LogP contribution is 2.09. The predicted octanol–water partition coefficient (Wildman–Crippen LogP) is -6.17. The topological polar surface area (TPSA) is 377 Å². The van der Waals surface area contributed by atoms with E-state index in [9.17, 15) is 58.2 Å². The van der Waals surface area contributed by atoms with Crippen LogP contribution in [0, 0.1) is 5.92 Å². The van der Waals surface area contributed by atoms with Crippen LogP contribution in [0.25, 0.3) is 0 Å². The molecule has 8 amide bonds. The van der Waals surface area contributed by atoms with Gasteiger partial charge in [-0.2, -0.15) is 12.6 Å². The zero-order valence-corrected chi connectivity index (χ0v) is 30.0. The molecule has 0 saturated carbocycles. The third-order valence-corrected chi connectivity index (χ3v) is 7.70. The van der Waals surface area contributed by atoms with Crippen molar-refractivity contribution in [3.05, 3.63) is 0 Å². The number of carbonyl (C=O) groups is 10. The van der Waals surface area contributed by atoms with Gasteiger partial charge in [-0.1, -0.05) is 13.8 Å². The average molecular weight is 774 g/mol. The molecule has 0 aliphatic carbocycles. The van der Waals surface area contributed by atoms with Gasteiger partial charge in [0.05, 0.1) is 19.4 Å². The molecule has 1 rings (SSSR count). The second-order valence-electron chi connectivity index (χ2n) is 12.0. The Morgan fingerprint density at radius 2 is 1.36 bits per heavy atom. The fourth-order valence-electron chi connectivity index (χ4n) is 4.70. The molecular formula is C29H47N11O12S. The molecule has 0 aromatic heterocycles. The lowest BCUT2D eigenvalue weighted by Crippen LogP contribution is -2.61. The van der Waals surface area contributed by atoms with E-state index >= 15 is 0 Å². The Labute approximate surface area is 308 Å². The highest BCUT2D eigenvalue weighted by atomic mass is 32.1. The highest BCUT2D eigenvalue weighted by Gasteiger charge is 2.36. The number of aliphatic carboxylic acids is 2. The molecule has 24 heteroatoms. The van der Waals surface area contributed by atoms with Crippen molar-refractivity contribution in [3.63, 3.8) is 0 Å². The van der Waals surface area contributed by atoms with E-state index in [4.69, 9.17) is 17.2 Å². The maximum absolute atomic E-state index is 13.6. The zero-order chi connectivity index (χ0) is 40.4. The van der Waals surface area contributed by atoms with Crippen LogP contribution < -0.4 is 49.1 Å². The number of imide groups is 1. The molecule has 1 heterocycles. The normalized spacial score (nSPS) is 22.9. The largest absolute Gasteiger partial charge is 0.481 e. The lowest BCUT2D eigenvalue weighted by molar-refractivity contribution is -0.150. The summed E-state index contributed by atoms with van der Waals surface area (Å²) in [4.78, 5) is 133. The van der Waals surface area contributed by atoms with Crippen molar-refractivity contribution in [1.29, 1.82) is 0 Å². The minimum absolute atomic E-state index is 0.00890. The van der Waals surface area contributed by atoms with Crippen molar-refractivity contribution in [2.24, 2.45) is 28.1 Å². The number of nitrogens with one attached hydrogen (secondary N) is 6. The third-order valence-electron chi connectivity index (χ3n) is 7.33. The average Bonchev–Trinajstić information content (AvgIpc) is 3.06. The summed E-state index contributed by atoms with van der Waals surface area (Å²) in [6.45, 7) is 0.919. The summed E-state index contributed by atoms with van der Waals surface area (Å²) in [6, 6.07) is -8.26. The molecule has 0 aromatic rings. The minimum Gasteiger partial charge on any atom is -0.481 e. The molecule has 0 bridgehead atoms. The van der Waals surface area contributed by atoms with E-state index < -0.39 is 133 Å². The van der Waals surface area contributed by atoms with Crippen LogP contribution in [0.15, 0.2) is 4.99 Å². The van der Waals surface area contributed by atoms with Crippen molar-refractivity contribution in [2.75, 3.05) is 31.9 Å². The maximum Gasteiger partial charge on any atom is 0.305 e. The van der Waals surface area contributed by atoms with Crippen LogP contribution in [-0.4, -0.2) is 142 Å². The number of amides is 8. The van der Waals surface area contributed by atoms with Gasteiger partial charge in [0.25, 0.3) is 5.91 Å². The number of aliphatic imine (C=N–C) groups is 1. The van der Waals surface area contributed by atoms with Crippen LogP contribution in [-0.2, 0) is 47.9 Å². The number of nitrogens with two attached hydrogens (primary N) is 3. The van der Waals surface area contributed by atoms with Crippen LogP contribution in [0.1, 0.15) is 46.0 Å². The van der Waals surface area contributed by atoms with Gasteiger partial charge in [0.15, 0.2) is 5.96 Å². The van der Waals surface area contributed by atoms with Crippen molar-refractivity contribution < 1.29 is 58.2 Å². The summed E-state index contributed by atoms with van der Waals surface area (Å²) in [5, 5.41) is 32.2. The second kappa shape index (κ2) is 22.4. The van der Waals surface area contributed by atoms with Gasteiger partial charge in [0, 0.05) is 25.3 Å². The SMILES string of the molecule is CC(C)[C@H]1NC(=O)[C@@H](CC(=O)O)NC(=O)[C@H](CC(=O)O)NC(=O)CNC(=O)[C@H](CCCN=C(N)N)NC(=O)CN(C(=O)CCN)C(=O)[C@@H](CS)NC1=O. The van der Waals surface area contributed by atoms with Crippen LogP contribution in [0.2, 0.25) is 0 Å². The molecule has 0 spiro atoms. The number of carbonyl (C=O) groups excluding carboxylic acids is 8. The molecular weight excluding hydrogens is 726 g/mol. The molecule has 5 atom stereocenters. The predicted molar refractivity (Wildman–Crippen MR) is 186 cm³/mol. The first kappa shape index (κ1) is 45.5. The molecule has 23 nitrogen and oxygen atoms in total. The number of carboxylic acid groups (broad SMARTS) is 2. The van der Waals surface area contributed by atoms with Crippen molar-refractivity contribution in [1.82, 2.24) is 36.8 Å². The first-order chi connectivity index (χ1) is 24.8. The standard InChI is InChI=1S/C29H47N11O12S/c1-13(2)23-27(51)38-17(12-53)28(52)40(20(43)5-6-30)11-19(42)35-14(4-3-7-33-29(31)32)24(48)34-10-18(41)36-15(8-21(44)45)25(49)37-16(9-22(46)47)26(50)39-23/h13-17,23,53H,3-12,30H2,1-2H3,(H,34,48)(H,35,42)(H,36,41)(H,37,49)(H,38,51)(H,39,50)(H,44,45)(H,46,47)(H4,31,32,33)/t14-,15-,16+,17+,23+/m0/s1. The van der Waals surface area contributed by atoms with Crippen molar-refractivity contribution in [3.8, 4) is 0 Å². The Morgan fingerprint density at radius 1 is 0.811 bits per heavy atom. The number of hydrogen-bond donors (Lipinski definition) is 12. The Kier molecular flexibility index (Phi) is 19.3. The van der Waals surface area contributed by atoms with Crippen LogP contribution in [0.3, 0.4) is 0 Å². The smallest absolute Gasteiger partial charge is 0.305 e. The first-order valence-electron chi connectivity index (χ1n) is 16.2. The van der Waals surface area contributed by atoms with Crippen LogP contribution in [0.4, 0.5) is 0 Å². The quantitative estimate of drug-likeness (QED) is 0.0380. The van der Waals surface area contributed by atoms with Crippen molar-refractivity contribution in [2.45, 2.75) is 76.2 Å². The van der Waals surface area contributed by atoms with E-state index in [-0.39, 0.29) is 31.9 Å². The fraction of sp³-hybridized carbons (Fsp3) is 0.621. The van der Waals surface area contributed by atoms with Gasteiger partial charge in [-0.25, -0.2) is 0 Å². The van der Waals surface area contributed by atoms with E-state index in [1.807, 2.05) is 0 Å². The van der Waals surface area contributed by atoms with Gasteiger partial charge in [-0.05, 0) is 18.8 Å². The van der Waals surface area contributed by atoms with E-state index in [0.29, 0.717) is 4.90 Å². The molecule has 53 heavy (non-hydrogen) atoms. The summed E-state index contributed by atoms with van der Waals surface area (Å²) < 4.78 is 0. The van der Waals surface area contributed by atoms with Crippen molar-refractivity contribution >= 4 is 77.8 Å². The van der Waals surface area contributed by atoms with Gasteiger partial charge in [-0.3, -0.25) is 57.8 Å². The first-order valence-corrected chi connectivity index (χ1v) is 16.9. The van der Waals surface area contributed by atoms with E-state index in [2.05, 4.69) is 49.5 Å². The van der Waals surface area contributed by atoms with Crippen LogP contribution >= 0.6 is 12.6 Å². The number of guanidine groups is 1. The van der Waals surface area contributed by atoms with Gasteiger partial charge < -0.3 is 59.3 Å². The zero-order valence-electron chi connectivity index (χ0n) is 29.1. The summed E-state index contributed by atoms with van der Waals surface area (Å²) in [5.74, 6) is -13.2. The summed E-state index contributed by atoms with van der Waals surface area (Å²) in [7, 11) is 0. The lowest BCUT2D eigenvalue weighted by atomic mass is 10.0. The lowest BCUT2D eigenvalue weighted by Gasteiger charge is -2.29. The Morgan fingerprint density at radius 3 is 1.89 bits per heavy atom. The van der Waals surface area contributed by atoms with E-state index in [1.165, 1.54) is 13.8 Å². The minimum atomic E-state index is -1.90. The maximum atomic E-state index is 13.6. The van der Waals surface area contributed by atoms with Gasteiger partial charge in [0.2, 0.25) is 41.4 Å². The molecule has 1 aliphatic rings. The molecule has 14 N–H and O–H groups in total. The van der Waals surface area contributed by atoms with Crippen LogP contribution in [0.5, 0.6) is 0 Å². The molecule has 1 saturated heterocycles. The fourth-order valence-corrected chi connectivity index (χ4v) is 4.95. The Hall–Kier alpha value is -5.52. The molecule has 296 valence electrons. The van der Waals surface area contributed by atoms with Gasteiger partial charge >= 0.3 is 11.9 Å². The third kappa shape index (κ3) is 16.1. The van der Waals surface area contributed by atoms with Gasteiger partial charge in [-0.15, -0.1) is 0 Å². The van der Waals surface area contributed by atoms with Gasteiger partial charge in [0.1, 0.15) is 36.8 Å².